The molecule has 0 unspecified atom stereocenters. The van der Waals surface area contributed by atoms with Gasteiger partial charge in [-0.25, -0.2) is 4.98 Å². The fourth-order valence-electron chi connectivity index (χ4n) is 3.51. The van der Waals surface area contributed by atoms with Crippen molar-refractivity contribution in [3.63, 3.8) is 0 Å². The Hall–Kier alpha value is -3.02. The fourth-order valence-corrected chi connectivity index (χ4v) is 3.51. The molecule has 6 heteroatoms. The molecule has 3 rings (SSSR count). The van der Waals surface area contributed by atoms with Gasteiger partial charge >= 0.3 is 0 Å². The Balaban J connectivity index is 1.53. The first-order chi connectivity index (χ1) is 14.5. The molecule has 158 valence electrons. The zero-order chi connectivity index (χ0) is 21.3. The van der Waals surface area contributed by atoms with Crippen LogP contribution in [-0.4, -0.2) is 28.5 Å². The maximum Gasteiger partial charge on any atom is 0.132 e. The van der Waals surface area contributed by atoms with Crippen LogP contribution in [-0.2, 0) is 17.6 Å². The van der Waals surface area contributed by atoms with Crippen LogP contribution in [0.1, 0.15) is 61.2 Å². The fraction of sp³-hybridized carbons (Fsp3) is 0.417. The molecule has 1 aliphatic rings. The molecule has 2 aromatic heterocycles. The summed E-state index contributed by atoms with van der Waals surface area (Å²) in [6.07, 6.45) is 10.6. The average Bonchev–Trinajstić information content (AvgIpc) is 2.73. The number of allylic oxidation sites excluding steroid dienone is 2. The molecule has 0 radical (unpaired) electrons. The molecule has 2 aromatic rings. The molecular formula is C24H31N5O. The number of ketones is 1. The molecular weight excluding hydrogens is 374 g/mol. The number of Topliss-reactive ketones (excluding diaryl/α,β-unsaturated/α-hetero) is 1. The summed E-state index contributed by atoms with van der Waals surface area (Å²) in [7, 11) is 0. The zero-order valence-electron chi connectivity index (χ0n) is 17.9. The van der Waals surface area contributed by atoms with Crippen molar-refractivity contribution in [2.24, 2.45) is 10.7 Å². The Labute approximate surface area is 178 Å². The number of nitrogens with two attached hydrogens (primary N) is 1. The lowest BCUT2D eigenvalue weighted by Crippen LogP contribution is -2.14. The van der Waals surface area contributed by atoms with Crippen molar-refractivity contribution in [3.05, 3.63) is 64.8 Å². The largest absolute Gasteiger partial charge is 0.402 e. The van der Waals surface area contributed by atoms with Crippen LogP contribution in [0.25, 0.3) is 0 Å². The molecule has 1 aliphatic heterocycles. The molecule has 0 spiro atoms. The third-order valence-electron chi connectivity index (χ3n) is 5.20. The molecule has 30 heavy (non-hydrogen) atoms. The summed E-state index contributed by atoms with van der Waals surface area (Å²) in [6, 6.07) is 7.99. The highest BCUT2D eigenvalue weighted by Crippen LogP contribution is 2.22. The minimum absolute atomic E-state index is 0.0988. The minimum atomic E-state index is -0.230. The van der Waals surface area contributed by atoms with Gasteiger partial charge in [0.05, 0.1) is 6.04 Å². The second-order valence-electron chi connectivity index (χ2n) is 7.89. The van der Waals surface area contributed by atoms with Crippen LogP contribution in [0, 0.1) is 6.92 Å². The average molecular weight is 406 g/mol. The molecule has 0 aliphatic carbocycles. The van der Waals surface area contributed by atoms with E-state index < -0.39 is 0 Å². The second kappa shape index (κ2) is 10.7. The Bertz CT molecular complexity index is 918. The molecule has 6 nitrogen and oxygen atoms in total. The Morgan fingerprint density at radius 1 is 1.33 bits per heavy atom. The summed E-state index contributed by atoms with van der Waals surface area (Å²) in [5.41, 5.74) is 11.2. The van der Waals surface area contributed by atoms with Crippen LogP contribution in [0.2, 0.25) is 0 Å². The minimum Gasteiger partial charge on any atom is -0.402 e. The highest BCUT2D eigenvalue weighted by molar-refractivity contribution is 5.77. The molecule has 0 saturated carbocycles. The highest BCUT2D eigenvalue weighted by atomic mass is 16.1. The van der Waals surface area contributed by atoms with Gasteiger partial charge in [0.15, 0.2) is 0 Å². The summed E-state index contributed by atoms with van der Waals surface area (Å²) >= 11 is 0. The lowest BCUT2D eigenvalue weighted by Gasteiger charge is -2.17. The summed E-state index contributed by atoms with van der Waals surface area (Å²) in [4.78, 5) is 25.2. The molecule has 3 N–H and O–H groups in total. The van der Waals surface area contributed by atoms with Gasteiger partial charge in [-0.05, 0) is 75.3 Å². The number of nitrogens with zero attached hydrogens (tertiary/aromatic N) is 3. The zero-order valence-corrected chi connectivity index (χ0v) is 17.9. The van der Waals surface area contributed by atoms with E-state index in [9.17, 15) is 4.79 Å². The monoisotopic (exact) mass is 405 g/mol. The standard InChI is InChI=1S/C24H31N5O/c1-17-8-9-20(16-28-17)23(15-18(2)30)26-14-12-21(25)6-3-7-22-11-10-19-5-4-13-27-24(19)29-22/h8-12,14,16,23H,3-7,13,15,25H2,1-2H3,(H,27,29)/t23-/m0/s1. The topological polar surface area (TPSA) is 93.3 Å². The van der Waals surface area contributed by atoms with Crippen molar-refractivity contribution >= 4 is 17.8 Å². The number of carbonyl (C=O) groups is 1. The lowest BCUT2D eigenvalue weighted by molar-refractivity contribution is -0.117. The lowest BCUT2D eigenvalue weighted by atomic mass is 10.0. The molecule has 0 saturated heterocycles. The van der Waals surface area contributed by atoms with Crippen molar-refractivity contribution < 1.29 is 4.79 Å². The number of aromatic nitrogens is 2. The number of hydrogen-bond donors (Lipinski definition) is 2. The number of anilines is 1. The quantitative estimate of drug-likeness (QED) is 0.613. The van der Waals surface area contributed by atoms with E-state index in [1.54, 1.807) is 19.3 Å². The van der Waals surface area contributed by atoms with Gasteiger partial charge in [0, 0.05) is 42.5 Å². The number of hydrogen-bond acceptors (Lipinski definition) is 6. The van der Waals surface area contributed by atoms with E-state index in [0.29, 0.717) is 6.42 Å². The van der Waals surface area contributed by atoms with Gasteiger partial charge in [0.2, 0.25) is 0 Å². The van der Waals surface area contributed by atoms with Gasteiger partial charge in [0.1, 0.15) is 11.6 Å². The third-order valence-corrected chi connectivity index (χ3v) is 5.20. The van der Waals surface area contributed by atoms with Gasteiger partial charge in [0.25, 0.3) is 0 Å². The molecule has 0 fully saturated rings. The Morgan fingerprint density at radius 2 is 2.20 bits per heavy atom. The molecule has 0 amide bonds. The van der Waals surface area contributed by atoms with E-state index in [4.69, 9.17) is 10.7 Å². The number of carbonyl (C=O) groups excluding carboxylic acids is 1. The van der Waals surface area contributed by atoms with Crippen molar-refractivity contribution in [1.29, 1.82) is 0 Å². The second-order valence-corrected chi connectivity index (χ2v) is 7.89. The molecule has 3 heterocycles. The predicted molar refractivity (Wildman–Crippen MR) is 122 cm³/mol. The van der Waals surface area contributed by atoms with E-state index in [1.807, 2.05) is 25.1 Å². The number of rotatable bonds is 9. The molecule has 1 atom stereocenters. The van der Waals surface area contributed by atoms with Gasteiger partial charge in [-0.1, -0.05) is 12.1 Å². The maximum absolute atomic E-state index is 11.6. The first-order valence-electron chi connectivity index (χ1n) is 10.6. The van der Waals surface area contributed by atoms with Gasteiger partial charge in [-0.2, -0.15) is 0 Å². The Kier molecular flexibility index (Phi) is 7.71. The van der Waals surface area contributed by atoms with Crippen molar-refractivity contribution in [2.75, 3.05) is 11.9 Å². The summed E-state index contributed by atoms with van der Waals surface area (Å²) in [5, 5.41) is 3.38. The van der Waals surface area contributed by atoms with Crippen molar-refractivity contribution in [3.8, 4) is 0 Å². The van der Waals surface area contributed by atoms with Crippen molar-refractivity contribution in [2.45, 2.75) is 58.4 Å². The summed E-state index contributed by atoms with van der Waals surface area (Å²) in [6.45, 7) is 4.52. The van der Waals surface area contributed by atoms with Gasteiger partial charge in [-0.15, -0.1) is 0 Å². The van der Waals surface area contributed by atoms with Crippen LogP contribution in [0.15, 0.2) is 47.2 Å². The maximum atomic E-state index is 11.6. The van der Waals surface area contributed by atoms with Crippen LogP contribution >= 0.6 is 0 Å². The number of pyridine rings is 2. The van der Waals surface area contributed by atoms with Crippen LogP contribution in [0.3, 0.4) is 0 Å². The predicted octanol–water partition coefficient (Wildman–Crippen LogP) is 4.10. The van der Waals surface area contributed by atoms with Crippen LogP contribution in [0.4, 0.5) is 5.82 Å². The summed E-state index contributed by atoms with van der Waals surface area (Å²) in [5.74, 6) is 1.14. The number of nitrogens with one attached hydrogen (secondary N) is 1. The van der Waals surface area contributed by atoms with E-state index in [1.165, 1.54) is 12.0 Å². The SMILES string of the molecule is CC(=O)C[C@H](N=CC=C(N)CCCc1ccc2c(n1)NCCC2)c1ccc(C)nc1. The number of aryl methyl sites for hydroxylation is 3. The first-order valence-corrected chi connectivity index (χ1v) is 10.6. The normalized spacial score (nSPS) is 14.9. The first kappa shape index (κ1) is 21.7. The Morgan fingerprint density at radius 3 is 2.97 bits per heavy atom. The van der Waals surface area contributed by atoms with E-state index in [2.05, 4.69) is 27.4 Å². The van der Waals surface area contributed by atoms with Gasteiger partial charge < -0.3 is 11.1 Å². The van der Waals surface area contributed by atoms with Crippen molar-refractivity contribution in [1.82, 2.24) is 9.97 Å². The van der Waals surface area contributed by atoms with Crippen LogP contribution < -0.4 is 11.1 Å². The van der Waals surface area contributed by atoms with Gasteiger partial charge in [-0.3, -0.25) is 14.8 Å². The van der Waals surface area contributed by atoms with Crippen LogP contribution in [0.5, 0.6) is 0 Å². The van der Waals surface area contributed by atoms with E-state index in [-0.39, 0.29) is 11.8 Å². The highest BCUT2D eigenvalue weighted by Gasteiger charge is 2.12. The number of aliphatic imine (C=N–C) groups is 1. The summed E-state index contributed by atoms with van der Waals surface area (Å²) < 4.78 is 0. The molecule has 0 aromatic carbocycles. The number of fused-ring (bicyclic) bond motifs is 1. The smallest absolute Gasteiger partial charge is 0.132 e. The molecule has 0 bridgehead atoms. The van der Waals surface area contributed by atoms with E-state index in [0.717, 1.165) is 60.7 Å². The third kappa shape index (κ3) is 6.51. The van der Waals surface area contributed by atoms with E-state index >= 15 is 0 Å².